The fourth-order valence-corrected chi connectivity index (χ4v) is 1.36. The Morgan fingerprint density at radius 1 is 1.38 bits per heavy atom. The summed E-state index contributed by atoms with van der Waals surface area (Å²) in [5.74, 6) is -0.808. The molecule has 4 heteroatoms. The molecule has 0 aliphatic rings. The number of nitrogens with zero attached hydrogens (tertiary/aromatic N) is 1. The van der Waals surface area contributed by atoms with Crippen molar-refractivity contribution in [3.63, 3.8) is 0 Å². The van der Waals surface area contributed by atoms with Gasteiger partial charge in [0.05, 0.1) is 0 Å². The summed E-state index contributed by atoms with van der Waals surface area (Å²) >= 11 is 0. The van der Waals surface area contributed by atoms with Crippen LogP contribution in [0, 0.1) is 0 Å². The summed E-state index contributed by atoms with van der Waals surface area (Å²) < 4.78 is 0. The van der Waals surface area contributed by atoms with E-state index in [1.54, 1.807) is 6.08 Å². The molecular formula is C12H24N2O2. The lowest BCUT2D eigenvalue weighted by molar-refractivity contribution is -0.132. The van der Waals surface area contributed by atoms with Gasteiger partial charge in [0, 0.05) is 12.1 Å². The smallest absolute Gasteiger partial charge is 0.331 e. The number of carbonyl (C=O) groups is 1. The van der Waals surface area contributed by atoms with E-state index < -0.39 is 5.97 Å². The molecule has 0 rings (SSSR count). The second-order valence-electron chi connectivity index (χ2n) is 4.10. The Balaban J connectivity index is 3.48. The van der Waals surface area contributed by atoms with Crippen LogP contribution in [0.3, 0.4) is 0 Å². The lowest BCUT2D eigenvalue weighted by Crippen LogP contribution is -2.19. The van der Waals surface area contributed by atoms with Gasteiger partial charge in [0.15, 0.2) is 0 Å². The Kier molecular flexibility index (Phi) is 8.85. The van der Waals surface area contributed by atoms with Crippen LogP contribution in [0.4, 0.5) is 0 Å². The average Bonchev–Trinajstić information content (AvgIpc) is 2.21. The Labute approximate surface area is 98.3 Å². The van der Waals surface area contributed by atoms with Gasteiger partial charge in [-0.05, 0) is 46.4 Å². The third kappa shape index (κ3) is 8.44. The van der Waals surface area contributed by atoms with E-state index in [2.05, 4.69) is 24.3 Å². The predicted octanol–water partition coefficient (Wildman–Crippen LogP) is 1.34. The lowest BCUT2D eigenvalue weighted by Gasteiger charge is -2.08. The van der Waals surface area contributed by atoms with Crippen molar-refractivity contribution < 1.29 is 9.90 Å². The van der Waals surface area contributed by atoms with Gasteiger partial charge >= 0.3 is 5.97 Å². The van der Waals surface area contributed by atoms with Gasteiger partial charge in [-0.1, -0.05) is 13.0 Å². The van der Waals surface area contributed by atoms with Crippen LogP contribution >= 0.6 is 0 Å². The van der Waals surface area contributed by atoms with E-state index in [4.69, 9.17) is 5.11 Å². The van der Waals surface area contributed by atoms with E-state index in [0.29, 0.717) is 18.5 Å². The van der Waals surface area contributed by atoms with E-state index in [0.717, 1.165) is 19.5 Å². The zero-order valence-corrected chi connectivity index (χ0v) is 10.6. The van der Waals surface area contributed by atoms with Gasteiger partial charge in [-0.15, -0.1) is 0 Å². The SMILES string of the molecule is CCC(=CCNCCCCN(C)C)C(=O)O. The van der Waals surface area contributed by atoms with E-state index in [-0.39, 0.29) is 0 Å². The van der Waals surface area contributed by atoms with E-state index in [1.165, 1.54) is 6.42 Å². The van der Waals surface area contributed by atoms with Crippen molar-refractivity contribution >= 4 is 5.97 Å². The summed E-state index contributed by atoms with van der Waals surface area (Å²) in [6, 6.07) is 0. The molecule has 0 fully saturated rings. The van der Waals surface area contributed by atoms with Crippen LogP contribution in [0.15, 0.2) is 11.6 Å². The molecule has 0 saturated carbocycles. The van der Waals surface area contributed by atoms with Gasteiger partial charge in [-0.2, -0.15) is 0 Å². The lowest BCUT2D eigenvalue weighted by atomic mass is 10.2. The van der Waals surface area contributed by atoms with Crippen molar-refractivity contribution in [2.45, 2.75) is 26.2 Å². The average molecular weight is 228 g/mol. The number of aliphatic carboxylic acids is 1. The molecule has 16 heavy (non-hydrogen) atoms. The number of hydrogen-bond donors (Lipinski definition) is 2. The molecule has 0 aliphatic heterocycles. The summed E-state index contributed by atoms with van der Waals surface area (Å²) in [7, 11) is 4.13. The number of nitrogens with one attached hydrogen (secondary N) is 1. The number of hydrogen-bond acceptors (Lipinski definition) is 3. The van der Waals surface area contributed by atoms with Crippen molar-refractivity contribution in [2.24, 2.45) is 0 Å². The van der Waals surface area contributed by atoms with E-state index in [1.807, 2.05) is 6.92 Å². The molecule has 0 amide bonds. The van der Waals surface area contributed by atoms with Gasteiger partial charge in [0.2, 0.25) is 0 Å². The number of rotatable bonds is 9. The maximum absolute atomic E-state index is 10.7. The second-order valence-corrected chi connectivity index (χ2v) is 4.10. The van der Waals surface area contributed by atoms with Crippen LogP contribution in [-0.4, -0.2) is 49.7 Å². The summed E-state index contributed by atoms with van der Waals surface area (Å²) in [5, 5.41) is 12.0. The first-order chi connectivity index (χ1) is 7.57. The molecular weight excluding hydrogens is 204 g/mol. The molecule has 0 aromatic rings. The summed E-state index contributed by atoms with van der Waals surface area (Å²) in [6.45, 7) is 4.56. The van der Waals surface area contributed by atoms with Crippen LogP contribution in [-0.2, 0) is 4.79 Å². The maximum Gasteiger partial charge on any atom is 0.331 e. The molecule has 94 valence electrons. The van der Waals surface area contributed by atoms with E-state index in [9.17, 15) is 4.79 Å². The van der Waals surface area contributed by atoms with Gasteiger partial charge in [-0.25, -0.2) is 4.79 Å². The molecule has 0 heterocycles. The Morgan fingerprint density at radius 3 is 2.56 bits per heavy atom. The highest BCUT2D eigenvalue weighted by Crippen LogP contribution is 1.98. The minimum Gasteiger partial charge on any atom is -0.478 e. The fraction of sp³-hybridized carbons (Fsp3) is 0.750. The number of carboxylic acid groups (broad SMARTS) is 1. The van der Waals surface area contributed by atoms with Gasteiger partial charge < -0.3 is 15.3 Å². The van der Waals surface area contributed by atoms with Crippen LogP contribution in [0.5, 0.6) is 0 Å². The topological polar surface area (TPSA) is 52.6 Å². The highest BCUT2D eigenvalue weighted by molar-refractivity contribution is 5.86. The molecule has 0 aromatic carbocycles. The number of unbranched alkanes of at least 4 members (excludes halogenated alkanes) is 1. The number of carboxylic acids is 1. The molecule has 0 bridgehead atoms. The third-order valence-corrected chi connectivity index (χ3v) is 2.36. The summed E-state index contributed by atoms with van der Waals surface area (Å²) in [6.07, 6.45) is 4.63. The van der Waals surface area contributed by atoms with Crippen LogP contribution in [0.2, 0.25) is 0 Å². The quantitative estimate of drug-likeness (QED) is 0.462. The van der Waals surface area contributed by atoms with Crippen molar-refractivity contribution in [1.29, 1.82) is 0 Å². The molecule has 4 nitrogen and oxygen atoms in total. The molecule has 0 atom stereocenters. The highest BCUT2D eigenvalue weighted by Gasteiger charge is 2.02. The molecule has 0 radical (unpaired) electrons. The third-order valence-electron chi connectivity index (χ3n) is 2.36. The molecule has 0 unspecified atom stereocenters. The Hall–Kier alpha value is -0.870. The maximum atomic E-state index is 10.7. The van der Waals surface area contributed by atoms with Crippen LogP contribution < -0.4 is 5.32 Å². The first-order valence-electron chi connectivity index (χ1n) is 5.85. The first-order valence-corrected chi connectivity index (χ1v) is 5.85. The molecule has 0 spiro atoms. The predicted molar refractivity (Wildman–Crippen MR) is 66.7 cm³/mol. The Morgan fingerprint density at radius 2 is 2.06 bits per heavy atom. The van der Waals surface area contributed by atoms with Gasteiger partial charge in [0.25, 0.3) is 0 Å². The van der Waals surface area contributed by atoms with Crippen LogP contribution in [0.25, 0.3) is 0 Å². The van der Waals surface area contributed by atoms with Crippen molar-refractivity contribution in [3.05, 3.63) is 11.6 Å². The molecule has 0 aliphatic carbocycles. The summed E-state index contributed by atoms with van der Waals surface area (Å²) in [4.78, 5) is 12.8. The molecule has 2 N–H and O–H groups in total. The fourth-order valence-electron chi connectivity index (χ4n) is 1.36. The van der Waals surface area contributed by atoms with Crippen molar-refractivity contribution in [3.8, 4) is 0 Å². The monoisotopic (exact) mass is 228 g/mol. The van der Waals surface area contributed by atoms with Crippen LogP contribution in [0.1, 0.15) is 26.2 Å². The zero-order valence-electron chi connectivity index (χ0n) is 10.6. The van der Waals surface area contributed by atoms with Gasteiger partial charge in [-0.3, -0.25) is 0 Å². The minimum absolute atomic E-state index is 0.487. The largest absolute Gasteiger partial charge is 0.478 e. The minimum atomic E-state index is -0.808. The zero-order chi connectivity index (χ0) is 12.4. The summed E-state index contributed by atoms with van der Waals surface area (Å²) in [5.41, 5.74) is 0.487. The molecule has 0 aromatic heterocycles. The molecule has 0 saturated heterocycles. The standard InChI is InChI=1S/C12H24N2O2/c1-4-11(12(15)16)7-9-13-8-5-6-10-14(2)3/h7,13H,4-6,8-10H2,1-3H3,(H,15,16). The second kappa shape index (κ2) is 9.36. The first kappa shape index (κ1) is 15.1. The van der Waals surface area contributed by atoms with Gasteiger partial charge in [0.1, 0.15) is 0 Å². The van der Waals surface area contributed by atoms with Crippen molar-refractivity contribution in [2.75, 3.05) is 33.7 Å². The normalized spacial score (nSPS) is 12.1. The van der Waals surface area contributed by atoms with E-state index >= 15 is 0 Å². The highest BCUT2D eigenvalue weighted by atomic mass is 16.4. The Bertz CT molecular complexity index is 225. The van der Waals surface area contributed by atoms with Crippen molar-refractivity contribution in [1.82, 2.24) is 10.2 Å².